The van der Waals surface area contributed by atoms with Crippen molar-refractivity contribution >= 4 is 11.9 Å². The zero-order valence-electron chi connectivity index (χ0n) is 22.3. The van der Waals surface area contributed by atoms with E-state index in [1.165, 1.54) is 60.8 Å². The maximum atomic E-state index is 4.51. The molecule has 2 aromatic carbocycles. The normalized spacial score (nSPS) is 15.5. The van der Waals surface area contributed by atoms with Crippen LogP contribution in [-0.2, 0) is 12.8 Å². The quantitative estimate of drug-likeness (QED) is 0.314. The van der Waals surface area contributed by atoms with Crippen molar-refractivity contribution in [1.82, 2.24) is 19.9 Å². The summed E-state index contributed by atoms with van der Waals surface area (Å²) in [5, 5.41) is 0. The summed E-state index contributed by atoms with van der Waals surface area (Å²) in [5.41, 5.74) is 4.95. The Labute approximate surface area is 226 Å². The first-order chi connectivity index (χ1) is 18.8. The van der Waals surface area contributed by atoms with Crippen molar-refractivity contribution in [2.45, 2.75) is 51.4 Å². The number of aromatic nitrogens is 4. The van der Waals surface area contributed by atoms with Gasteiger partial charge < -0.3 is 9.80 Å². The van der Waals surface area contributed by atoms with Gasteiger partial charge in [-0.3, -0.25) is 0 Å². The van der Waals surface area contributed by atoms with E-state index in [9.17, 15) is 0 Å². The van der Waals surface area contributed by atoms with Gasteiger partial charge in [-0.25, -0.2) is 19.9 Å². The van der Waals surface area contributed by atoms with E-state index in [-0.39, 0.29) is 0 Å². The molecule has 0 aliphatic carbocycles. The van der Waals surface area contributed by atoms with Crippen LogP contribution in [-0.4, -0.2) is 46.1 Å². The van der Waals surface area contributed by atoms with E-state index < -0.39 is 0 Å². The molecule has 196 valence electrons. The van der Waals surface area contributed by atoms with E-state index >= 15 is 0 Å². The number of piperidine rings is 2. The van der Waals surface area contributed by atoms with E-state index in [0.29, 0.717) is 0 Å². The molecule has 2 aliphatic heterocycles. The Kier molecular flexibility index (Phi) is 9.29. The van der Waals surface area contributed by atoms with Crippen molar-refractivity contribution in [2.24, 2.45) is 0 Å². The first-order valence-corrected chi connectivity index (χ1v) is 14.0. The fourth-order valence-corrected chi connectivity index (χ4v) is 5.06. The minimum Gasteiger partial charge on any atom is -0.341 e. The summed E-state index contributed by atoms with van der Waals surface area (Å²) in [6.07, 6.45) is 17.4. The van der Waals surface area contributed by atoms with Crippen molar-refractivity contribution < 1.29 is 0 Å². The van der Waals surface area contributed by atoms with Crippen molar-refractivity contribution in [3.05, 3.63) is 108 Å². The molecule has 38 heavy (non-hydrogen) atoms. The average molecular weight is 507 g/mol. The van der Waals surface area contributed by atoms with E-state index in [2.05, 4.69) is 78.3 Å². The maximum Gasteiger partial charge on any atom is 0.225 e. The summed E-state index contributed by atoms with van der Waals surface area (Å²) in [4.78, 5) is 22.6. The van der Waals surface area contributed by atoms with Crippen molar-refractivity contribution in [2.75, 3.05) is 36.0 Å². The molecule has 6 heteroatoms. The van der Waals surface area contributed by atoms with Gasteiger partial charge in [-0.2, -0.15) is 0 Å². The van der Waals surface area contributed by atoms with Crippen LogP contribution in [0.15, 0.2) is 85.5 Å². The van der Waals surface area contributed by atoms with E-state index in [1.807, 2.05) is 36.9 Å². The van der Waals surface area contributed by atoms with Gasteiger partial charge in [0.25, 0.3) is 0 Å². The molecule has 0 amide bonds. The van der Waals surface area contributed by atoms with Crippen molar-refractivity contribution in [3.63, 3.8) is 0 Å². The van der Waals surface area contributed by atoms with Crippen LogP contribution in [0.3, 0.4) is 0 Å². The zero-order valence-corrected chi connectivity index (χ0v) is 22.3. The molecule has 0 spiro atoms. The minimum absolute atomic E-state index is 0.886. The fraction of sp³-hybridized carbons (Fsp3) is 0.375. The second-order valence-corrected chi connectivity index (χ2v) is 10.2. The summed E-state index contributed by atoms with van der Waals surface area (Å²) in [6, 6.07) is 20.9. The molecule has 0 atom stereocenters. The van der Waals surface area contributed by atoms with E-state index in [0.717, 1.165) is 50.9 Å². The Morgan fingerprint density at radius 1 is 0.421 bits per heavy atom. The molecular weight excluding hydrogens is 468 g/mol. The van der Waals surface area contributed by atoms with Gasteiger partial charge in [0.2, 0.25) is 11.9 Å². The Hall–Kier alpha value is -3.80. The zero-order chi connectivity index (χ0) is 25.8. The third-order valence-electron chi connectivity index (χ3n) is 7.16. The molecule has 6 nitrogen and oxygen atoms in total. The first kappa shape index (κ1) is 25.8. The average Bonchev–Trinajstić information content (AvgIpc) is 3.00. The van der Waals surface area contributed by atoms with Crippen LogP contribution in [0.1, 0.15) is 60.8 Å². The third kappa shape index (κ3) is 7.60. The fourth-order valence-electron chi connectivity index (χ4n) is 5.06. The molecule has 2 saturated heterocycles. The van der Waals surface area contributed by atoms with Gasteiger partial charge >= 0.3 is 0 Å². The van der Waals surface area contributed by atoms with Gasteiger partial charge in [0.05, 0.1) is 0 Å². The summed E-state index contributed by atoms with van der Waals surface area (Å²) < 4.78 is 0. The highest BCUT2D eigenvalue weighted by Crippen LogP contribution is 2.17. The van der Waals surface area contributed by atoms with Crippen molar-refractivity contribution in [3.8, 4) is 0 Å². The second-order valence-electron chi connectivity index (χ2n) is 10.2. The van der Waals surface area contributed by atoms with Gasteiger partial charge in [0.1, 0.15) is 0 Å². The Morgan fingerprint density at radius 3 is 1.11 bits per heavy atom. The highest BCUT2D eigenvalue weighted by atomic mass is 15.3. The topological polar surface area (TPSA) is 58.0 Å². The molecular formula is C32H38N6. The van der Waals surface area contributed by atoms with Crippen LogP contribution in [0.4, 0.5) is 11.9 Å². The van der Waals surface area contributed by atoms with Crippen molar-refractivity contribution in [1.29, 1.82) is 0 Å². The molecule has 2 aliphatic rings. The predicted octanol–water partition coefficient (Wildman–Crippen LogP) is 6.12. The van der Waals surface area contributed by atoms with Gasteiger partial charge in [0.15, 0.2) is 0 Å². The molecule has 2 fully saturated rings. The number of hydrogen-bond acceptors (Lipinski definition) is 6. The lowest BCUT2D eigenvalue weighted by molar-refractivity contribution is 0.568. The molecule has 4 aromatic rings. The number of rotatable bonds is 6. The predicted molar refractivity (Wildman–Crippen MR) is 155 cm³/mol. The van der Waals surface area contributed by atoms with Crippen LogP contribution in [0.5, 0.6) is 0 Å². The van der Waals surface area contributed by atoms with Crippen LogP contribution in [0.25, 0.3) is 0 Å². The summed E-state index contributed by atoms with van der Waals surface area (Å²) in [7, 11) is 0. The standard InChI is InChI=1S/2C16H19N3/c2*1-3-7-14(8-4-1)11-15-12-17-16(18-13-15)19-9-5-2-6-10-19/h2*1,3-4,7-8,12-13H,2,5-6,9-11H2. The molecule has 0 N–H and O–H groups in total. The summed E-state index contributed by atoms with van der Waals surface area (Å²) in [5.74, 6) is 1.77. The van der Waals surface area contributed by atoms with Crippen LogP contribution >= 0.6 is 0 Å². The largest absolute Gasteiger partial charge is 0.341 e. The van der Waals surface area contributed by atoms with Gasteiger partial charge in [-0.05, 0) is 60.8 Å². The third-order valence-corrected chi connectivity index (χ3v) is 7.16. The number of nitrogens with zero attached hydrogens (tertiary/aromatic N) is 6. The van der Waals surface area contributed by atoms with Gasteiger partial charge in [-0.1, -0.05) is 60.7 Å². The maximum absolute atomic E-state index is 4.51. The van der Waals surface area contributed by atoms with Crippen LogP contribution < -0.4 is 9.80 Å². The molecule has 0 unspecified atom stereocenters. The highest BCUT2D eigenvalue weighted by molar-refractivity contribution is 5.33. The van der Waals surface area contributed by atoms with E-state index in [4.69, 9.17) is 0 Å². The Balaban J connectivity index is 0.000000155. The Morgan fingerprint density at radius 2 is 0.763 bits per heavy atom. The summed E-state index contributed by atoms with van der Waals surface area (Å²) >= 11 is 0. The molecule has 6 rings (SSSR count). The molecule has 0 saturated carbocycles. The highest BCUT2D eigenvalue weighted by Gasteiger charge is 2.14. The summed E-state index contributed by atoms with van der Waals surface area (Å²) in [6.45, 7) is 4.38. The lowest BCUT2D eigenvalue weighted by Gasteiger charge is -2.26. The molecule has 4 heterocycles. The SMILES string of the molecule is c1ccc(Cc2cnc(N3CCCCC3)nc2)cc1.c1ccc(Cc2cnc(N3CCCCC3)nc2)cc1. The minimum atomic E-state index is 0.886. The lowest BCUT2D eigenvalue weighted by Crippen LogP contribution is -2.30. The second kappa shape index (κ2) is 13.7. The van der Waals surface area contributed by atoms with Crippen LogP contribution in [0.2, 0.25) is 0 Å². The number of anilines is 2. The lowest BCUT2D eigenvalue weighted by atomic mass is 10.1. The first-order valence-electron chi connectivity index (χ1n) is 14.0. The van der Waals surface area contributed by atoms with E-state index in [1.54, 1.807) is 0 Å². The molecule has 0 bridgehead atoms. The molecule has 2 aromatic heterocycles. The van der Waals surface area contributed by atoms with Gasteiger partial charge in [-0.15, -0.1) is 0 Å². The molecule has 0 radical (unpaired) electrons. The van der Waals surface area contributed by atoms with Gasteiger partial charge in [0, 0.05) is 63.8 Å². The number of hydrogen-bond donors (Lipinski definition) is 0. The smallest absolute Gasteiger partial charge is 0.225 e. The number of benzene rings is 2. The Bertz CT molecular complexity index is 1100. The van der Waals surface area contributed by atoms with Crippen LogP contribution in [0, 0.1) is 0 Å². The monoisotopic (exact) mass is 506 g/mol.